The Hall–Kier alpha value is -2.05. The van der Waals surface area contributed by atoms with Crippen molar-refractivity contribution >= 4 is 27.8 Å². The second-order valence-electron chi connectivity index (χ2n) is 4.54. The van der Waals surface area contributed by atoms with Gasteiger partial charge in [0.15, 0.2) is 11.5 Å². The molecule has 0 aliphatic heterocycles. The number of aromatic hydroxyl groups is 1. The minimum atomic E-state index is -3.82. The molecule has 0 aliphatic rings. The van der Waals surface area contributed by atoms with Gasteiger partial charge in [-0.15, -0.1) is 0 Å². The van der Waals surface area contributed by atoms with Crippen molar-refractivity contribution in [3.05, 3.63) is 52.5 Å². The minimum Gasteiger partial charge on any atom is -0.503 e. The summed E-state index contributed by atoms with van der Waals surface area (Å²) < 4.78 is 32.7. The lowest BCUT2D eigenvalue weighted by molar-refractivity contribution is 0.373. The van der Waals surface area contributed by atoms with Crippen LogP contribution in [0.5, 0.6) is 11.5 Å². The van der Waals surface area contributed by atoms with E-state index in [-0.39, 0.29) is 27.0 Å². The summed E-state index contributed by atoms with van der Waals surface area (Å²) in [5, 5.41) is 9.76. The normalized spacial score (nSPS) is 11.8. The smallest absolute Gasteiger partial charge is 0.282 e. The Balaban J connectivity index is 2.36. The van der Waals surface area contributed by atoms with Gasteiger partial charge in [0.1, 0.15) is 0 Å². The Kier molecular flexibility index (Phi) is 4.73. The van der Waals surface area contributed by atoms with Crippen molar-refractivity contribution in [2.24, 2.45) is 4.40 Å². The van der Waals surface area contributed by atoms with Crippen molar-refractivity contribution in [2.75, 3.05) is 7.11 Å². The summed E-state index contributed by atoms with van der Waals surface area (Å²) in [6.07, 6.45) is 1.09. The average molecular weight is 340 g/mol. The van der Waals surface area contributed by atoms with Crippen molar-refractivity contribution in [1.29, 1.82) is 0 Å². The van der Waals surface area contributed by atoms with Crippen LogP contribution in [0.25, 0.3) is 0 Å². The van der Waals surface area contributed by atoms with Crippen LogP contribution in [0.1, 0.15) is 11.1 Å². The Morgan fingerprint density at radius 2 is 1.82 bits per heavy atom. The van der Waals surface area contributed by atoms with Crippen molar-refractivity contribution in [3.8, 4) is 11.5 Å². The van der Waals surface area contributed by atoms with E-state index in [0.29, 0.717) is 0 Å². The zero-order valence-corrected chi connectivity index (χ0v) is 13.5. The van der Waals surface area contributed by atoms with Gasteiger partial charge in [0.2, 0.25) is 0 Å². The molecule has 0 radical (unpaired) electrons. The maximum absolute atomic E-state index is 12.1. The van der Waals surface area contributed by atoms with Gasteiger partial charge in [0, 0.05) is 11.8 Å². The summed E-state index contributed by atoms with van der Waals surface area (Å²) >= 11 is 5.96. The molecule has 1 N–H and O–H groups in total. The molecule has 116 valence electrons. The fourth-order valence-electron chi connectivity index (χ4n) is 1.72. The van der Waals surface area contributed by atoms with Gasteiger partial charge in [0.25, 0.3) is 10.0 Å². The molecule has 0 spiro atoms. The van der Waals surface area contributed by atoms with Crippen LogP contribution in [0.15, 0.2) is 45.7 Å². The minimum absolute atomic E-state index is 0.0257. The molecule has 0 unspecified atom stereocenters. The highest BCUT2D eigenvalue weighted by Gasteiger charge is 2.13. The van der Waals surface area contributed by atoms with E-state index in [4.69, 9.17) is 16.3 Å². The van der Waals surface area contributed by atoms with Crippen LogP contribution in [-0.2, 0) is 10.0 Å². The first-order valence-corrected chi connectivity index (χ1v) is 8.09. The van der Waals surface area contributed by atoms with Crippen molar-refractivity contribution in [3.63, 3.8) is 0 Å². The van der Waals surface area contributed by atoms with E-state index >= 15 is 0 Å². The van der Waals surface area contributed by atoms with E-state index in [9.17, 15) is 13.5 Å². The molecule has 0 aliphatic carbocycles. The molecule has 2 aromatic rings. The Morgan fingerprint density at radius 3 is 2.41 bits per heavy atom. The maximum atomic E-state index is 12.1. The predicted octanol–water partition coefficient (Wildman–Crippen LogP) is 3.17. The quantitative estimate of drug-likeness (QED) is 0.868. The predicted molar refractivity (Wildman–Crippen MR) is 85.6 cm³/mol. The third-order valence-corrected chi connectivity index (χ3v) is 4.63. The number of nitrogens with zero attached hydrogens (tertiary/aromatic N) is 1. The summed E-state index contributed by atoms with van der Waals surface area (Å²) in [5.74, 6) is -0.0654. The lowest BCUT2D eigenvalue weighted by Gasteiger charge is -2.06. The van der Waals surface area contributed by atoms with Crippen LogP contribution in [0.3, 0.4) is 0 Å². The van der Waals surface area contributed by atoms with Crippen molar-refractivity contribution < 1.29 is 18.3 Å². The number of ether oxygens (including phenoxy) is 1. The molecule has 22 heavy (non-hydrogen) atoms. The molecular formula is C15H14ClNO4S. The van der Waals surface area contributed by atoms with Crippen LogP contribution in [0, 0.1) is 6.92 Å². The summed E-state index contributed by atoms with van der Waals surface area (Å²) in [4.78, 5) is 0.0863. The number of sulfonamides is 1. The van der Waals surface area contributed by atoms with Gasteiger partial charge in [-0.1, -0.05) is 29.3 Å². The first kappa shape index (κ1) is 16.3. The average Bonchev–Trinajstić information content (AvgIpc) is 2.49. The van der Waals surface area contributed by atoms with Crippen LogP contribution < -0.4 is 4.74 Å². The Morgan fingerprint density at radius 1 is 1.18 bits per heavy atom. The van der Waals surface area contributed by atoms with E-state index in [1.54, 1.807) is 12.1 Å². The van der Waals surface area contributed by atoms with Crippen molar-refractivity contribution in [1.82, 2.24) is 0 Å². The third kappa shape index (κ3) is 3.40. The van der Waals surface area contributed by atoms with Crippen molar-refractivity contribution in [2.45, 2.75) is 11.8 Å². The summed E-state index contributed by atoms with van der Waals surface area (Å²) in [7, 11) is -2.43. The van der Waals surface area contributed by atoms with Gasteiger partial charge in [-0.2, -0.15) is 12.8 Å². The zero-order valence-electron chi connectivity index (χ0n) is 11.9. The van der Waals surface area contributed by atoms with Crippen LogP contribution in [0.2, 0.25) is 5.02 Å². The summed E-state index contributed by atoms with van der Waals surface area (Å²) in [6.45, 7) is 1.86. The van der Waals surface area contributed by atoms with Gasteiger partial charge in [-0.3, -0.25) is 0 Å². The fraction of sp³-hybridized carbons (Fsp3) is 0.133. The number of halogens is 1. The van der Waals surface area contributed by atoms with Gasteiger partial charge >= 0.3 is 0 Å². The number of benzene rings is 2. The lowest BCUT2D eigenvalue weighted by Crippen LogP contribution is -1.98. The molecule has 0 atom stereocenters. The molecule has 2 aromatic carbocycles. The third-order valence-electron chi connectivity index (χ3n) is 2.98. The number of hydrogen-bond acceptors (Lipinski definition) is 4. The number of hydrogen-bond donors (Lipinski definition) is 1. The molecule has 0 amide bonds. The molecule has 0 saturated carbocycles. The zero-order chi connectivity index (χ0) is 16.3. The van der Waals surface area contributed by atoms with Crippen LogP contribution in [0.4, 0.5) is 0 Å². The van der Waals surface area contributed by atoms with Crippen LogP contribution in [-0.4, -0.2) is 26.8 Å². The molecule has 7 heteroatoms. The first-order valence-electron chi connectivity index (χ1n) is 6.27. The van der Waals surface area contributed by atoms with Crippen LogP contribution >= 0.6 is 11.6 Å². The Bertz CT molecular complexity index is 814. The summed E-state index contributed by atoms with van der Waals surface area (Å²) in [5.41, 5.74) is 1.22. The molecule has 0 saturated heterocycles. The molecule has 5 nitrogen and oxygen atoms in total. The first-order chi connectivity index (χ1) is 10.3. The van der Waals surface area contributed by atoms with E-state index < -0.39 is 10.0 Å². The monoisotopic (exact) mass is 339 g/mol. The van der Waals surface area contributed by atoms with Gasteiger partial charge in [-0.25, -0.2) is 0 Å². The molecule has 0 fully saturated rings. The highest BCUT2D eigenvalue weighted by molar-refractivity contribution is 7.90. The molecule has 0 bridgehead atoms. The molecule has 2 rings (SSSR count). The van der Waals surface area contributed by atoms with E-state index in [1.165, 1.54) is 31.4 Å². The number of phenols is 1. The fourth-order valence-corrected chi connectivity index (χ4v) is 2.78. The standard InChI is InChI=1S/C15H14ClNO4S/c1-10-3-6-12(7-4-10)22(19,20)17-9-11-5-8-13(21-2)15(18)14(11)16/h3-9,18H,1-2H3/b17-9-. The topological polar surface area (TPSA) is 76.0 Å². The lowest BCUT2D eigenvalue weighted by atomic mass is 10.2. The highest BCUT2D eigenvalue weighted by Crippen LogP contribution is 2.35. The number of rotatable bonds is 4. The second-order valence-corrected chi connectivity index (χ2v) is 6.55. The SMILES string of the molecule is COc1ccc(/C=N\S(=O)(=O)c2ccc(C)cc2)c(Cl)c1O. The highest BCUT2D eigenvalue weighted by atomic mass is 35.5. The maximum Gasteiger partial charge on any atom is 0.282 e. The molecule has 0 heterocycles. The Labute approximate surface area is 133 Å². The molecule has 0 aromatic heterocycles. The number of aryl methyl sites for hydroxylation is 1. The number of phenolic OH excluding ortho intramolecular Hbond substituents is 1. The van der Waals surface area contributed by atoms with Gasteiger partial charge in [0.05, 0.1) is 17.0 Å². The second kappa shape index (κ2) is 6.37. The van der Waals surface area contributed by atoms with E-state index in [1.807, 2.05) is 6.92 Å². The largest absolute Gasteiger partial charge is 0.503 e. The number of methoxy groups -OCH3 is 1. The van der Waals surface area contributed by atoms with E-state index in [0.717, 1.165) is 11.8 Å². The summed E-state index contributed by atoms with van der Waals surface area (Å²) in [6, 6.07) is 9.32. The van der Waals surface area contributed by atoms with Gasteiger partial charge in [-0.05, 0) is 31.2 Å². The molecular weight excluding hydrogens is 326 g/mol. The van der Waals surface area contributed by atoms with E-state index in [2.05, 4.69) is 4.40 Å². The van der Waals surface area contributed by atoms with Gasteiger partial charge < -0.3 is 9.84 Å².